The minimum Gasteiger partial charge on any atom is -0.381 e. The van der Waals surface area contributed by atoms with Gasteiger partial charge in [0.25, 0.3) is 6.43 Å². The second-order valence-electron chi connectivity index (χ2n) is 11.0. The molecule has 2 saturated heterocycles. The predicted molar refractivity (Wildman–Crippen MR) is 148 cm³/mol. The van der Waals surface area contributed by atoms with Gasteiger partial charge in [-0.3, -0.25) is 9.36 Å². The lowest BCUT2D eigenvalue weighted by Gasteiger charge is -2.25. The predicted octanol–water partition coefficient (Wildman–Crippen LogP) is 5.46. The van der Waals surface area contributed by atoms with Crippen molar-refractivity contribution in [2.75, 3.05) is 36.7 Å². The summed E-state index contributed by atoms with van der Waals surface area (Å²) in [7, 11) is -3.68. The first kappa shape index (κ1) is 28.0. The molecule has 1 unspecified atom stereocenters. The molecule has 0 bridgehead atoms. The Labute approximate surface area is 236 Å². The van der Waals surface area contributed by atoms with Crippen molar-refractivity contribution in [1.82, 2.24) is 14.5 Å². The van der Waals surface area contributed by atoms with Gasteiger partial charge in [-0.1, -0.05) is 6.07 Å². The molecule has 4 heterocycles. The van der Waals surface area contributed by atoms with E-state index in [2.05, 4.69) is 20.6 Å². The molecular formula is C28H33F2N5O5S. The molecule has 1 amide bonds. The van der Waals surface area contributed by atoms with Crippen LogP contribution in [0, 0.1) is 5.92 Å². The molecule has 10 nitrogen and oxygen atoms in total. The fourth-order valence-electron chi connectivity index (χ4n) is 5.56. The fourth-order valence-corrected chi connectivity index (χ4v) is 6.43. The van der Waals surface area contributed by atoms with Crippen LogP contribution in [0.15, 0.2) is 29.2 Å². The number of imidazole rings is 1. The number of halogens is 2. The zero-order valence-electron chi connectivity index (χ0n) is 22.7. The van der Waals surface area contributed by atoms with Gasteiger partial charge in [-0.05, 0) is 68.6 Å². The highest BCUT2D eigenvalue weighted by Crippen LogP contribution is 2.39. The number of hydrogen-bond donors (Lipinski definition) is 2. The molecule has 1 aromatic carbocycles. The quantitative estimate of drug-likeness (QED) is 0.355. The molecule has 2 aliphatic heterocycles. The zero-order valence-corrected chi connectivity index (χ0v) is 23.6. The SMILES string of the molecule is CS(=O)(=O)c1cc(C2CCOCC2)ccc1Nc1cc(NC(=O)C2CC2)nc2c1nc(C(F)F)n2C1CCCCO1. The Balaban J connectivity index is 1.47. The summed E-state index contributed by atoms with van der Waals surface area (Å²) in [6.07, 6.45) is 2.83. The van der Waals surface area contributed by atoms with Crippen LogP contribution in [-0.2, 0) is 24.1 Å². The molecular weight excluding hydrogens is 556 g/mol. The summed E-state index contributed by atoms with van der Waals surface area (Å²) in [6, 6.07) is 6.74. The lowest BCUT2D eigenvalue weighted by Crippen LogP contribution is -2.21. The highest BCUT2D eigenvalue weighted by molar-refractivity contribution is 7.90. The van der Waals surface area contributed by atoms with E-state index in [0.29, 0.717) is 26.2 Å². The number of carbonyl (C=O) groups is 1. The number of benzene rings is 1. The van der Waals surface area contributed by atoms with E-state index in [0.717, 1.165) is 50.3 Å². The van der Waals surface area contributed by atoms with E-state index in [1.807, 2.05) is 6.07 Å². The van der Waals surface area contributed by atoms with Crippen LogP contribution >= 0.6 is 0 Å². The molecule has 2 aromatic heterocycles. The molecule has 3 aromatic rings. The normalized spacial score (nSPS) is 20.4. The molecule has 1 aliphatic carbocycles. The van der Waals surface area contributed by atoms with Gasteiger partial charge < -0.3 is 20.1 Å². The van der Waals surface area contributed by atoms with E-state index in [1.165, 1.54) is 10.6 Å². The first-order valence-corrected chi connectivity index (χ1v) is 15.9. The second-order valence-corrected chi connectivity index (χ2v) is 13.0. The highest BCUT2D eigenvalue weighted by atomic mass is 32.2. The van der Waals surface area contributed by atoms with E-state index in [1.54, 1.807) is 12.1 Å². The maximum atomic E-state index is 14.3. The lowest BCUT2D eigenvalue weighted by atomic mass is 9.91. The number of nitrogens with zero attached hydrogens (tertiary/aromatic N) is 3. The van der Waals surface area contributed by atoms with Crippen LogP contribution in [0.25, 0.3) is 11.2 Å². The van der Waals surface area contributed by atoms with Crippen molar-refractivity contribution in [3.8, 4) is 0 Å². The average molecular weight is 590 g/mol. The van der Waals surface area contributed by atoms with Crippen molar-refractivity contribution in [1.29, 1.82) is 0 Å². The van der Waals surface area contributed by atoms with Crippen molar-refractivity contribution in [3.05, 3.63) is 35.7 Å². The molecule has 13 heteroatoms. The Morgan fingerprint density at radius 1 is 1.02 bits per heavy atom. The highest BCUT2D eigenvalue weighted by Gasteiger charge is 2.32. The Kier molecular flexibility index (Phi) is 7.68. The molecule has 6 rings (SSSR count). The van der Waals surface area contributed by atoms with Crippen LogP contribution in [0.4, 0.5) is 26.0 Å². The maximum absolute atomic E-state index is 14.3. The molecule has 3 fully saturated rings. The summed E-state index contributed by atoms with van der Waals surface area (Å²) in [5.41, 5.74) is 1.68. The van der Waals surface area contributed by atoms with Gasteiger partial charge >= 0.3 is 0 Å². The van der Waals surface area contributed by atoms with Gasteiger partial charge in [0, 0.05) is 38.1 Å². The topological polar surface area (TPSA) is 124 Å². The Bertz CT molecular complexity index is 1560. The number of rotatable bonds is 8. The van der Waals surface area contributed by atoms with Crippen LogP contribution in [0.3, 0.4) is 0 Å². The third-order valence-corrected chi connectivity index (χ3v) is 9.02. The van der Waals surface area contributed by atoms with Crippen LogP contribution in [-0.4, -0.2) is 54.9 Å². The minimum absolute atomic E-state index is 0.0825. The Hall–Kier alpha value is -3.16. The maximum Gasteiger partial charge on any atom is 0.295 e. The number of ether oxygens (including phenoxy) is 2. The van der Waals surface area contributed by atoms with Crippen molar-refractivity contribution in [2.24, 2.45) is 5.92 Å². The Morgan fingerprint density at radius 2 is 1.80 bits per heavy atom. The summed E-state index contributed by atoms with van der Waals surface area (Å²) in [4.78, 5) is 21.5. The van der Waals surface area contributed by atoms with Gasteiger partial charge in [-0.2, -0.15) is 0 Å². The number of sulfone groups is 1. The van der Waals surface area contributed by atoms with Crippen LogP contribution < -0.4 is 10.6 Å². The van der Waals surface area contributed by atoms with Crippen molar-refractivity contribution >= 4 is 44.1 Å². The molecule has 41 heavy (non-hydrogen) atoms. The standard InChI is InChI=1S/C28H33F2N5O5S/c1-41(37,38)21-14-18(16-9-12-39-13-10-16)7-8-19(21)31-20-15-22(33-28(36)17-5-6-17)32-26-24(20)34-27(25(29)30)35(26)23-4-2-3-11-40-23/h7-8,14-17,23,25H,2-6,9-13H2,1H3,(H2,31,32,33,36). The third-order valence-electron chi connectivity index (χ3n) is 7.88. The number of pyridine rings is 1. The number of fused-ring (bicyclic) bond motifs is 1. The molecule has 0 spiro atoms. The van der Waals surface area contributed by atoms with Crippen molar-refractivity contribution < 1.29 is 31.5 Å². The van der Waals surface area contributed by atoms with Crippen LogP contribution in [0.5, 0.6) is 0 Å². The van der Waals surface area contributed by atoms with E-state index < -0.39 is 28.3 Å². The van der Waals surface area contributed by atoms with Crippen molar-refractivity contribution in [3.63, 3.8) is 0 Å². The molecule has 1 saturated carbocycles. The van der Waals surface area contributed by atoms with Gasteiger partial charge in [-0.15, -0.1) is 0 Å². The van der Waals surface area contributed by atoms with Gasteiger partial charge in [-0.25, -0.2) is 27.2 Å². The number of anilines is 3. The number of alkyl halides is 2. The number of carbonyl (C=O) groups excluding carboxylic acids is 1. The molecule has 3 aliphatic rings. The van der Waals surface area contributed by atoms with Gasteiger partial charge in [0.15, 0.2) is 21.3 Å². The summed E-state index contributed by atoms with van der Waals surface area (Å²) < 4.78 is 67.0. The number of nitrogens with one attached hydrogen (secondary N) is 2. The molecule has 1 atom stereocenters. The monoisotopic (exact) mass is 589 g/mol. The van der Waals surface area contributed by atoms with Gasteiger partial charge in [0.2, 0.25) is 5.91 Å². The first-order valence-electron chi connectivity index (χ1n) is 14.0. The summed E-state index contributed by atoms with van der Waals surface area (Å²) in [5, 5.41) is 5.93. The van der Waals surface area contributed by atoms with Gasteiger partial charge in [0.05, 0.1) is 16.3 Å². The zero-order chi connectivity index (χ0) is 28.7. The Morgan fingerprint density at radius 3 is 2.46 bits per heavy atom. The number of amides is 1. The van der Waals surface area contributed by atoms with Crippen LogP contribution in [0.1, 0.15) is 74.9 Å². The largest absolute Gasteiger partial charge is 0.381 e. The first-order chi connectivity index (χ1) is 19.7. The average Bonchev–Trinajstić information content (AvgIpc) is 3.74. The van der Waals surface area contributed by atoms with Gasteiger partial charge in [0.1, 0.15) is 17.6 Å². The summed E-state index contributed by atoms with van der Waals surface area (Å²) in [5.74, 6) is -0.466. The summed E-state index contributed by atoms with van der Waals surface area (Å²) >= 11 is 0. The van der Waals surface area contributed by atoms with E-state index in [4.69, 9.17) is 9.47 Å². The molecule has 220 valence electrons. The number of hydrogen-bond acceptors (Lipinski definition) is 8. The van der Waals surface area contributed by atoms with E-state index in [9.17, 15) is 22.0 Å². The van der Waals surface area contributed by atoms with E-state index in [-0.39, 0.29) is 51.0 Å². The molecule has 2 N–H and O–H groups in total. The third kappa shape index (κ3) is 5.93. The molecule has 0 radical (unpaired) electrons. The summed E-state index contributed by atoms with van der Waals surface area (Å²) in [6.45, 7) is 1.65. The van der Waals surface area contributed by atoms with Crippen LogP contribution in [0.2, 0.25) is 0 Å². The van der Waals surface area contributed by atoms with E-state index >= 15 is 0 Å². The lowest BCUT2D eigenvalue weighted by molar-refractivity contribution is -0.117. The smallest absolute Gasteiger partial charge is 0.295 e. The second kappa shape index (κ2) is 11.3. The van der Waals surface area contributed by atoms with Crippen molar-refractivity contribution in [2.45, 2.75) is 68.4 Å². The minimum atomic E-state index is -3.68. The number of aromatic nitrogens is 3. The fraction of sp³-hybridized carbons (Fsp3) is 0.536.